The topological polar surface area (TPSA) is 129 Å². The van der Waals surface area contributed by atoms with Gasteiger partial charge >= 0.3 is 21.6 Å². The third-order valence-electron chi connectivity index (χ3n) is 4.04. The monoisotopic (exact) mass is 508 g/mol. The van der Waals surface area contributed by atoms with Crippen LogP contribution in [-0.2, 0) is 53.5 Å². The van der Waals surface area contributed by atoms with Gasteiger partial charge in [0.2, 0.25) is 0 Å². The molecule has 30 heavy (non-hydrogen) atoms. The van der Waals surface area contributed by atoms with Crippen LogP contribution in [0.2, 0.25) is 0 Å². The second-order valence-electron chi connectivity index (χ2n) is 6.82. The van der Waals surface area contributed by atoms with Crippen LogP contribution in [0.15, 0.2) is 0 Å². The maximum absolute atomic E-state index is 12.7. The van der Waals surface area contributed by atoms with E-state index < -0.39 is 28.2 Å². The number of phosphoric ester groups is 2. The Hall–Kier alpha value is 0.444. The van der Waals surface area contributed by atoms with Crippen molar-refractivity contribution in [1.82, 2.24) is 0 Å². The average Bonchev–Trinajstić information content (AvgIpc) is 2.65. The van der Waals surface area contributed by atoms with Gasteiger partial charge in [0, 0.05) is 21.7 Å². The predicted octanol–water partition coefficient (Wildman–Crippen LogP) is 5.50. The summed E-state index contributed by atoms with van der Waals surface area (Å²) in [4.78, 5) is 20.6. The molecule has 9 nitrogen and oxygen atoms in total. The van der Waals surface area contributed by atoms with Crippen LogP contribution in [0.5, 0.6) is 0 Å². The van der Waals surface area contributed by atoms with E-state index in [1.807, 2.05) is 0 Å². The molecule has 0 aliphatic heterocycles. The van der Waals surface area contributed by atoms with Crippen molar-refractivity contribution in [2.75, 3.05) is 19.8 Å². The molecule has 2 N–H and O–H groups in total. The number of carbonyl (C=O) groups excluding carboxylic acids is 1. The summed E-state index contributed by atoms with van der Waals surface area (Å²) < 4.78 is 43.5. The largest absolute Gasteiger partial charge is 0.538 e. The Morgan fingerprint density at radius 3 is 1.57 bits per heavy atom. The van der Waals surface area contributed by atoms with Gasteiger partial charge in [0.1, 0.15) is 6.61 Å². The summed E-state index contributed by atoms with van der Waals surface area (Å²) in [7, 11) is -9.45. The molecule has 0 spiro atoms. The maximum atomic E-state index is 12.7. The number of phosphoric acid groups is 2. The molecule has 0 saturated carbocycles. The van der Waals surface area contributed by atoms with Crippen molar-refractivity contribution in [3.63, 3.8) is 0 Å². The first-order chi connectivity index (χ1) is 13.8. The number of unbranched alkanes of at least 4 members (excludes halogenated alkanes) is 10. The number of aliphatic hydroxyl groups excluding tert-OH is 1. The molecule has 0 bridgehead atoms. The molecule has 0 amide bonds. The van der Waals surface area contributed by atoms with Crippen LogP contribution in [0.4, 0.5) is 0 Å². The first kappa shape index (κ1) is 32.6. The quantitative estimate of drug-likeness (QED) is 0.124. The first-order valence-corrected chi connectivity index (χ1v) is 13.5. The van der Waals surface area contributed by atoms with Crippen LogP contribution in [-0.4, -0.2) is 35.8 Å². The second kappa shape index (κ2) is 20.1. The number of hydrogen-bond donors (Lipinski definition) is 2. The minimum atomic E-state index is -5.05. The Morgan fingerprint density at radius 1 is 0.767 bits per heavy atom. The van der Waals surface area contributed by atoms with Crippen molar-refractivity contribution in [2.45, 2.75) is 90.9 Å². The maximum Gasteiger partial charge on any atom is 0.538 e. The normalized spacial score (nSPS) is 13.5. The van der Waals surface area contributed by atoms with Crippen molar-refractivity contribution in [3.05, 3.63) is 0 Å². The van der Waals surface area contributed by atoms with Gasteiger partial charge in [0.25, 0.3) is 0 Å². The van der Waals surface area contributed by atoms with Crippen LogP contribution < -0.4 is 0 Å². The minimum Gasteiger partial charge on any atom is -0.385 e. The predicted molar refractivity (Wildman–Crippen MR) is 110 cm³/mol. The van der Waals surface area contributed by atoms with E-state index in [-0.39, 0.29) is 34.9 Å². The molecule has 12 heteroatoms. The van der Waals surface area contributed by atoms with Gasteiger partial charge in [-0.2, -0.15) is 4.31 Å². The SMILES string of the molecule is CCCCCCCCOP(=O)(OCCCCCCCC)OP(=O)(O)OC(=O)CO.[Ti]. The summed E-state index contributed by atoms with van der Waals surface area (Å²) in [6, 6.07) is 0. The molecule has 0 aliphatic rings. The Bertz CT molecular complexity index is 498. The Balaban J connectivity index is 0. The van der Waals surface area contributed by atoms with E-state index in [4.69, 9.17) is 14.2 Å². The van der Waals surface area contributed by atoms with Crippen LogP contribution in [0.3, 0.4) is 0 Å². The Morgan fingerprint density at radius 2 is 1.17 bits per heavy atom. The molecule has 1 unspecified atom stereocenters. The van der Waals surface area contributed by atoms with E-state index in [1.165, 1.54) is 0 Å². The van der Waals surface area contributed by atoms with E-state index in [9.17, 15) is 18.8 Å². The van der Waals surface area contributed by atoms with E-state index >= 15 is 0 Å². The van der Waals surface area contributed by atoms with Gasteiger partial charge < -0.3 is 9.63 Å². The zero-order valence-corrected chi connectivity index (χ0v) is 21.6. The summed E-state index contributed by atoms with van der Waals surface area (Å²) in [6.45, 7) is 3.17. The number of rotatable bonds is 20. The molecule has 0 aromatic rings. The van der Waals surface area contributed by atoms with Gasteiger partial charge in [0.05, 0.1) is 13.2 Å². The van der Waals surface area contributed by atoms with Crippen LogP contribution in [0.25, 0.3) is 0 Å². The fourth-order valence-corrected chi connectivity index (χ4v) is 5.12. The van der Waals surface area contributed by atoms with Crippen molar-refractivity contribution in [1.29, 1.82) is 0 Å². The average molecular weight is 508 g/mol. The molecule has 0 heterocycles. The van der Waals surface area contributed by atoms with Crippen LogP contribution in [0.1, 0.15) is 90.9 Å². The molecule has 0 rings (SSSR count). The van der Waals surface area contributed by atoms with Gasteiger partial charge in [-0.05, 0) is 12.8 Å². The summed E-state index contributed by atoms with van der Waals surface area (Å²) >= 11 is 0. The van der Waals surface area contributed by atoms with E-state index in [0.717, 1.165) is 64.2 Å². The number of carbonyl (C=O) groups is 1. The molecule has 0 aromatic carbocycles. The van der Waals surface area contributed by atoms with Crippen LogP contribution in [0, 0.1) is 0 Å². The van der Waals surface area contributed by atoms with E-state index in [2.05, 4.69) is 22.7 Å². The van der Waals surface area contributed by atoms with Crippen molar-refractivity contribution in [3.8, 4) is 0 Å². The van der Waals surface area contributed by atoms with Crippen LogP contribution >= 0.6 is 15.6 Å². The van der Waals surface area contributed by atoms with Crippen molar-refractivity contribution in [2.24, 2.45) is 0 Å². The first-order valence-electron chi connectivity index (χ1n) is 10.5. The van der Waals surface area contributed by atoms with Crippen molar-refractivity contribution < 1.29 is 63.5 Å². The summed E-state index contributed by atoms with van der Waals surface area (Å²) in [5, 5.41) is 8.63. The van der Waals surface area contributed by atoms with Gasteiger partial charge in [-0.1, -0.05) is 78.1 Å². The molecule has 0 radical (unpaired) electrons. The zero-order valence-electron chi connectivity index (χ0n) is 18.3. The molecular formula is C18H38O9P2Ti. The molecule has 0 fully saturated rings. The molecule has 1 atom stereocenters. The third-order valence-corrected chi connectivity index (χ3v) is 7.10. The van der Waals surface area contributed by atoms with Gasteiger partial charge in [-0.15, -0.1) is 0 Å². The molecule has 178 valence electrons. The summed E-state index contributed by atoms with van der Waals surface area (Å²) in [5.74, 6) is -1.38. The van der Waals surface area contributed by atoms with E-state index in [1.54, 1.807) is 0 Å². The second-order valence-corrected chi connectivity index (χ2v) is 10.0. The third kappa shape index (κ3) is 19.2. The van der Waals surface area contributed by atoms with Gasteiger partial charge in [-0.25, -0.2) is 13.9 Å². The summed E-state index contributed by atoms with van der Waals surface area (Å²) in [6.07, 6.45) is 11.6. The van der Waals surface area contributed by atoms with Gasteiger partial charge in [-0.3, -0.25) is 13.9 Å². The number of aliphatic hydroxyl groups is 1. The summed E-state index contributed by atoms with van der Waals surface area (Å²) in [5.41, 5.74) is 0. The molecule has 0 saturated heterocycles. The molecule has 0 aliphatic carbocycles. The fourth-order valence-electron chi connectivity index (χ4n) is 2.50. The Labute approximate surface area is 195 Å². The smallest absolute Gasteiger partial charge is 0.385 e. The number of hydrogen-bond acceptors (Lipinski definition) is 8. The van der Waals surface area contributed by atoms with Gasteiger partial charge in [0.15, 0.2) is 0 Å². The molecule has 0 aromatic heterocycles. The minimum absolute atomic E-state index is 0. The fraction of sp³-hybridized carbons (Fsp3) is 0.944. The Kier molecular flexibility index (Phi) is 21.8. The van der Waals surface area contributed by atoms with E-state index in [0.29, 0.717) is 12.8 Å². The zero-order chi connectivity index (χ0) is 22.0. The molecular weight excluding hydrogens is 470 g/mol. The van der Waals surface area contributed by atoms with Crippen molar-refractivity contribution >= 4 is 21.6 Å². The standard InChI is InChI=1S/C18H38O9P2.Ti/c1-3-5-7-9-11-13-15-24-29(23,25-16-14-12-10-8-6-4-2)27-28(21,22)26-18(20)17-19;/h19H,3-17H2,1-2H3,(H,21,22);.